The minimum absolute atomic E-state index is 0.438. The van der Waals surface area contributed by atoms with Crippen molar-refractivity contribution in [1.82, 2.24) is 5.32 Å². The van der Waals surface area contributed by atoms with Crippen LogP contribution in [0.5, 0.6) is 0 Å². The molecule has 0 amide bonds. The van der Waals surface area contributed by atoms with Crippen molar-refractivity contribution in [2.75, 3.05) is 0 Å². The predicted molar refractivity (Wildman–Crippen MR) is 68.0 cm³/mol. The van der Waals surface area contributed by atoms with Crippen LogP contribution in [0.25, 0.3) is 0 Å². The van der Waals surface area contributed by atoms with Crippen LogP contribution in [0.4, 0.5) is 0 Å². The van der Waals surface area contributed by atoms with Gasteiger partial charge in [-0.1, -0.05) is 26.2 Å². The summed E-state index contributed by atoms with van der Waals surface area (Å²) in [6.45, 7) is 2.23. The van der Waals surface area contributed by atoms with Gasteiger partial charge in [-0.15, -0.1) is 0 Å². The third-order valence-corrected chi connectivity index (χ3v) is 4.62. The summed E-state index contributed by atoms with van der Waals surface area (Å²) < 4.78 is 0. The average molecular weight is 239 g/mol. The van der Waals surface area contributed by atoms with E-state index in [1.54, 1.807) is 0 Å². The molecule has 0 aliphatic heterocycles. The molecule has 0 saturated heterocycles. The molecule has 0 aromatic carbocycles. The molecular weight excluding hydrogens is 214 g/mol. The maximum atomic E-state index is 11.6. The minimum atomic E-state index is -0.630. The third kappa shape index (κ3) is 3.01. The van der Waals surface area contributed by atoms with Crippen LogP contribution in [0.3, 0.4) is 0 Å². The highest BCUT2D eigenvalue weighted by Gasteiger charge is 2.42. The highest BCUT2D eigenvalue weighted by Crippen LogP contribution is 2.34. The van der Waals surface area contributed by atoms with Gasteiger partial charge in [-0.25, -0.2) is 0 Å². The number of hydrogen-bond donors (Lipinski definition) is 2. The normalized spacial score (nSPS) is 35.7. The molecule has 0 atom stereocenters. The molecule has 0 unspecified atom stereocenters. The Labute approximate surface area is 104 Å². The second-order valence-corrected chi connectivity index (χ2v) is 6.05. The van der Waals surface area contributed by atoms with Crippen molar-refractivity contribution < 1.29 is 9.90 Å². The largest absolute Gasteiger partial charge is 0.480 e. The van der Waals surface area contributed by atoms with Gasteiger partial charge in [-0.2, -0.15) is 0 Å². The Morgan fingerprint density at radius 3 is 2.24 bits per heavy atom. The monoisotopic (exact) mass is 239 g/mol. The molecule has 0 radical (unpaired) electrons. The SMILES string of the molecule is CC1CCC(NC2CCCCC2)(C(=O)O)CC1. The van der Waals surface area contributed by atoms with Crippen LogP contribution in [-0.2, 0) is 4.79 Å². The van der Waals surface area contributed by atoms with E-state index < -0.39 is 11.5 Å². The molecule has 98 valence electrons. The molecule has 0 aromatic heterocycles. The maximum Gasteiger partial charge on any atom is 0.323 e. The fraction of sp³-hybridized carbons (Fsp3) is 0.929. The Kier molecular flexibility index (Phi) is 4.08. The van der Waals surface area contributed by atoms with Crippen molar-refractivity contribution in [2.24, 2.45) is 5.92 Å². The van der Waals surface area contributed by atoms with E-state index in [9.17, 15) is 9.90 Å². The van der Waals surface area contributed by atoms with Crippen molar-refractivity contribution in [2.45, 2.75) is 76.3 Å². The fourth-order valence-corrected chi connectivity index (χ4v) is 3.31. The zero-order valence-corrected chi connectivity index (χ0v) is 10.9. The van der Waals surface area contributed by atoms with Gasteiger partial charge in [0, 0.05) is 6.04 Å². The van der Waals surface area contributed by atoms with Crippen LogP contribution in [0, 0.1) is 5.92 Å². The molecule has 3 nitrogen and oxygen atoms in total. The van der Waals surface area contributed by atoms with Gasteiger partial charge in [-0.05, 0) is 44.4 Å². The van der Waals surface area contributed by atoms with Crippen LogP contribution in [0.2, 0.25) is 0 Å². The average Bonchev–Trinajstić information content (AvgIpc) is 2.33. The number of carboxylic acids is 1. The lowest BCUT2D eigenvalue weighted by atomic mass is 9.76. The molecule has 2 N–H and O–H groups in total. The van der Waals surface area contributed by atoms with Crippen molar-refractivity contribution in [3.8, 4) is 0 Å². The van der Waals surface area contributed by atoms with E-state index in [-0.39, 0.29) is 0 Å². The summed E-state index contributed by atoms with van der Waals surface area (Å²) in [5.74, 6) is 0.0607. The predicted octanol–water partition coefficient (Wildman–Crippen LogP) is 2.94. The first-order chi connectivity index (χ1) is 8.12. The van der Waals surface area contributed by atoms with Crippen molar-refractivity contribution in [3.05, 3.63) is 0 Å². The highest BCUT2D eigenvalue weighted by molar-refractivity contribution is 5.79. The van der Waals surface area contributed by atoms with Gasteiger partial charge in [0.1, 0.15) is 5.54 Å². The summed E-state index contributed by atoms with van der Waals surface area (Å²) in [4.78, 5) is 11.6. The molecule has 0 aromatic rings. The molecule has 0 spiro atoms. The Hall–Kier alpha value is -0.570. The molecule has 2 saturated carbocycles. The van der Waals surface area contributed by atoms with Gasteiger partial charge in [0.05, 0.1) is 0 Å². The number of aliphatic carboxylic acids is 1. The van der Waals surface area contributed by atoms with Crippen molar-refractivity contribution in [1.29, 1.82) is 0 Å². The molecule has 2 aliphatic rings. The van der Waals surface area contributed by atoms with Gasteiger partial charge in [0.15, 0.2) is 0 Å². The first kappa shape index (κ1) is 12.9. The van der Waals surface area contributed by atoms with Gasteiger partial charge in [0.2, 0.25) is 0 Å². The summed E-state index contributed by atoms with van der Waals surface area (Å²) in [5.41, 5.74) is -0.617. The van der Waals surface area contributed by atoms with E-state index >= 15 is 0 Å². The Bertz CT molecular complexity index is 263. The van der Waals surface area contributed by atoms with Gasteiger partial charge < -0.3 is 5.11 Å². The molecule has 2 rings (SSSR count). The summed E-state index contributed by atoms with van der Waals surface area (Å²) in [5, 5.41) is 13.0. The number of hydrogen-bond acceptors (Lipinski definition) is 2. The zero-order chi connectivity index (χ0) is 12.3. The first-order valence-electron chi connectivity index (χ1n) is 7.13. The van der Waals surface area contributed by atoms with Crippen LogP contribution in [0.1, 0.15) is 64.7 Å². The van der Waals surface area contributed by atoms with E-state index in [2.05, 4.69) is 12.2 Å². The summed E-state index contributed by atoms with van der Waals surface area (Å²) in [6.07, 6.45) is 9.84. The Morgan fingerprint density at radius 2 is 1.71 bits per heavy atom. The second kappa shape index (κ2) is 5.38. The lowest BCUT2D eigenvalue weighted by Crippen LogP contribution is -2.57. The Morgan fingerprint density at radius 1 is 1.12 bits per heavy atom. The molecule has 17 heavy (non-hydrogen) atoms. The highest BCUT2D eigenvalue weighted by atomic mass is 16.4. The van der Waals surface area contributed by atoms with Gasteiger partial charge in [0.25, 0.3) is 0 Å². The molecule has 2 fully saturated rings. The van der Waals surface area contributed by atoms with Crippen LogP contribution in [-0.4, -0.2) is 22.7 Å². The standard InChI is InChI=1S/C14H25NO2/c1-11-7-9-14(10-8-11,13(16)17)15-12-5-3-2-4-6-12/h11-12,15H,2-10H2,1H3,(H,16,17). The quantitative estimate of drug-likeness (QED) is 0.796. The molecule has 2 aliphatic carbocycles. The van der Waals surface area contributed by atoms with E-state index in [1.165, 1.54) is 19.3 Å². The lowest BCUT2D eigenvalue weighted by molar-refractivity contribution is -0.147. The summed E-state index contributed by atoms with van der Waals surface area (Å²) >= 11 is 0. The van der Waals surface area contributed by atoms with Gasteiger partial charge >= 0.3 is 5.97 Å². The minimum Gasteiger partial charge on any atom is -0.480 e. The zero-order valence-electron chi connectivity index (χ0n) is 10.9. The summed E-state index contributed by atoms with van der Waals surface area (Å²) in [7, 11) is 0. The van der Waals surface area contributed by atoms with Gasteiger partial charge in [-0.3, -0.25) is 10.1 Å². The van der Waals surface area contributed by atoms with E-state index in [4.69, 9.17) is 0 Å². The summed E-state index contributed by atoms with van der Waals surface area (Å²) in [6, 6.07) is 0.438. The molecule has 0 heterocycles. The number of carbonyl (C=O) groups is 1. The third-order valence-electron chi connectivity index (χ3n) is 4.62. The first-order valence-corrected chi connectivity index (χ1v) is 7.13. The fourth-order valence-electron chi connectivity index (χ4n) is 3.31. The Balaban J connectivity index is 1.98. The van der Waals surface area contributed by atoms with Crippen LogP contribution < -0.4 is 5.32 Å². The number of rotatable bonds is 3. The smallest absolute Gasteiger partial charge is 0.323 e. The van der Waals surface area contributed by atoms with E-state index in [1.807, 2.05) is 0 Å². The molecular formula is C14H25NO2. The van der Waals surface area contributed by atoms with Crippen molar-refractivity contribution >= 4 is 5.97 Å². The maximum absolute atomic E-state index is 11.6. The number of carboxylic acid groups (broad SMARTS) is 1. The van der Waals surface area contributed by atoms with E-state index in [0.29, 0.717) is 12.0 Å². The topological polar surface area (TPSA) is 49.3 Å². The second-order valence-electron chi connectivity index (χ2n) is 6.05. The lowest BCUT2D eigenvalue weighted by Gasteiger charge is -2.40. The van der Waals surface area contributed by atoms with E-state index in [0.717, 1.165) is 38.5 Å². The van der Waals surface area contributed by atoms with Crippen molar-refractivity contribution in [3.63, 3.8) is 0 Å². The molecule has 0 bridgehead atoms. The number of nitrogens with one attached hydrogen (secondary N) is 1. The van der Waals surface area contributed by atoms with Crippen LogP contribution >= 0.6 is 0 Å². The molecule has 3 heteroatoms. The van der Waals surface area contributed by atoms with Crippen LogP contribution in [0.15, 0.2) is 0 Å².